The van der Waals surface area contributed by atoms with Crippen LogP contribution in [-0.2, 0) is 17.8 Å². The van der Waals surface area contributed by atoms with E-state index in [9.17, 15) is 9.90 Å². The minimum Gasteiger partial charge on any atom is -0.508 e. The summed E-state index contributed by atoms with van der Waals surface area (Å²) in [6.45, 7) is 0.725. The Bertz CT molecular complexity index is 732. The van der Waals surface area contributed by atoms with Crippen LogP contribution in [0.4, 0.5) is 0 Å². The molecule has 0 radical (unpaired) electrons. The van der Waals surface area contributed by atoms with E-state index in [1.165, 1.54) is 0 Å². The maximum Gasteiger partial charge on any atom is 0.229 e. The van der Waals surface area contributed by atoms with Crippen LogP contribution >= 0.6 is 11.6 Å². The first-order chi connectivity index (χ1) is 11.0. The maximum absolute atomic E-state index is 12.6. The number of amides is 1. The summed E-state index contributed by atoms with van der Waals surface area (Å²) in [5.41, 5.74) is 1.68. The lowest BCUT2D eigenvalue weighted by atomic mass is 9.95. The monoisotopic (exact) mass is 331 g/mol. The van der Waals surface area contributed by atoms with Gasteiger partial charge in [-0.15, -0.1) is 0 Å². The smallest absolute Gasteiger partial charge is 0.229 e. The van der Waals surface area contributed by atoms with Gasteiger partial charge in [-0.3, -0.25) is 4.79 Å². The highest BCUT2D eigenvalue weighted by atomic mass is 35.5. The number of phenolic OH excluding ortho intramolecular Hbond substituents is 1. The molecule has 2 aromatic rings. The van der Waals surface area contributed by atoms with Crippen LogP contribution < -0.4 is 4.74 Å². The van der Waals surface area contributed by atoms with E-state index in [-0.39, 0.29) is 17.6 Å². The molecule has 1 unspecified atom stereocenters. The first-order valence-corrected chi connectivity index (χ1v) is 7.85. The lowest BCUT2D eigenvalue weighted by Crippen LogP contribution is -2.38. The fourth-order valence-electron chi connectivity index (χ4n) is 2.81. The van der Waals surface area contributed by atoms with Crippen molar-refractivity contribution in [2.75, 3.05) is 13.7 Å². The van der Waals surface area contributed by atoms with E-state index in [1.54, 1.807) is 30.1 Å². The number of ether oxygens (including phenoxy) is 1. The van der Waals surface area contributed by atoms with Crippen molar-refractivity contribution in [1.82, 2.24) is 4.90 Å². The second kappa shape index (κ2) is 6.50. The minimum atomic E-state index is -0.239. The number of fused-ring (bicyclic) bond motifs is 1. The van der Waals surface area contributed by atoms with Crippen molar-refractivity contribution >= 4 is 17.5 Å². The van der Waals surface area contributed by atoms with E-state index >= 15 is 0 Å². The van der Waals surface area contributed by atoms with Crippen molar-refractivity contribution < 1.29 is 14.6 Å². The Morgan fingerprint density at radius 1 is 1.35 bits per heavy atom. The second-order valence-corrected chi connectivity index (χ2v) is 6.22. The van der Waals surface area contributed by atoms with E-state index in [2.05, 4.69) is 0 Å². The predicted molar refractivity (Wildman–Crippen MR) is 88.7 cm³/mol. The number of carbonyl (C=O) groups is 1. The molecular formula is C18H18ClNO3. The summed E-state index contributed by atoms with van der Waals surface area (Å²) in [4.78, 5) is 14.3. The van der Waals surface area contributed by atoms with Crippen molar-refractivity contribution in [3.8, 4) is 11.5 Å². The number of benzene rings is 2. The molecule has 23 heavy (non-hydrogen) atoms. The lowest BCUT2D eigenvalue weighted by Gasteiger charge is -2.28. The minimum absolute atomic E-state index is 0.00104. The normalized spacial score (nSPS) is 16.3. The molecular weight excluding hydrogens is 314 g/mol. The standard InChI is InChI=1S/C18H18ClNO3/c1-20(10-12-4-2-3-5-16(12)21)18(22)14-8-13-9-15(19)6-7-17(13)23-11-14/h2-7,9,14,21H,8,10-11H2,1H3. The molecule has 0 aliphatic carbocycles. The molecule has 0 aromatic heterocycles. The summed E-state index contributed by atoms with van der Waals surface area (Å²) in [6.07, 6.45) is 0.611. The fourth-order valence-corrected chi connectivity index (χ4v) is 3.01. The van der Waals surface area contributed by atoms with Crippen LogP contribution in [0.1, 0.15) is 11.1 Å². The van der Waals surface area contributed by atoms with Gasteiger partial charge in [-0.1, -0.05) is 29.8 Å². The number of phenols is 1. The zero-order valence-electron chi connectivity index (χ0n) is 12.8. The molecule has 1 aliphatic rings. The van der Waals surface area contributed by atoms with Gasteiger partial charge in [0.2, 0.25) is 5.91 Å². The van der Waals surface area contributed by atoms with Gasteiger partial charge >= 0.3 is 0 Å². The SMILES string of the molecule is CN(Cc1ccccc1O)C(=O)C1COc2ccc(Cl)cc2C1. The number of carbonyl (C=O) groups excluding carboxylic acids is 1. The quantitative estimate of drug-likeness (QED) is 0.939. The van der Waals surface area contributed by atoms with Crippen molar-refractivity contribution in [2.45, 2.75) is 13.0 Å². The van der Waals surface area contributed by atoms with Crippen molar-refractivity contribution in [3.05, 3.63) is 58.6 Å². The Kier molecular flexibility index (Phi) is 4.44. The molecule has 0 bridgehead atoms. The van der Waals surface area contributed by atoms with Crippen molar-refractivity contribution in [1.29, 1.82) is 0 Å². The van der Waals surface area contributed by atoms with E-state index in [1.807, 2.05) is 24.3 Å². The number of halogens is 1. The number of rotatable bonds is 3. The summed E-state index contributed by atoms with van der Waals surface area (Å²) in [6, 6.07) is 12.5. The second-order valence-electron chi connectivity index (χ2n) is 5.79. The third kappa shape index (κ3) is 3.42. The molecule has 120 valence electrons. The average Bonchev–Trinajstić information content (AvgIpc) is 2.55. The third-order valence-electron chi connectivity index (χ3n) is 4.05. The molecule has 0 saturated heterocycles. The highest BCUT2D eigenvalue weighted by Crippen LogP contribution is 2.30. The first kappa shape index (κ1) is 15.7. The number of para-hydroxylation sites is 1. The molecule has 0 saturated carbocycles. The van der Waals surface area contributed by atoms with Gasteiger partial charge in [0, 0.05) is 24.2 Å². The van der Waals surface area contributed by atoms with Crippen LogP contribution in [0.15, 0.2) is 42.5 Å². The van der Waals surface area contributed by atoms with Gasteiger partial charge in [0.25, 0.3) is 0 Å². The molecule has 5 heteroatoms. The fraction of sp³-hybridized carbons (Fsp3) is 0.278. The van der Waals surface area contributed by atoms with Gasteiger partial charge in [0.15, 0.2) is 0 Å². The predicted octanol–water partition coefficient (Wildman–Crippen LogP) is 3.26. The summed E-state index contributed by atoms with van der Waals surface area (Å²) in [5, 5.41) is 10.5. The summed E-state index contributed by atoms with van der Waals surface area (Å²) in [5.74, 6) is 0.752. The molecule has 0 spiro atoms. The zero-order valence-corrected chi connectivity index (χ0v) is 13.6. The van der Waals surface area contributed by atoms with Gasteiger partial charge < -0.3 is 14.7 Å². The molecule has 1 atom stereocenters. The van der Waals surface area contributed by atoms with E-state index in [0.717, 1.165) is 16.9 Å². The van der Waals surface area contributed by atoms with Crippen LogP contribution in [-0.4, -0.2) is 29.6 Å². The van der Waals surface area contributed by atoms with Gasteiger partial charge in [0.05, 0.1) is 5.92 Å². The Morgan fingerprint density at radius 2 is 2.13 bits per heavy atom. The summed E-state index contributed by atoms with van der Waals surface area (Å²) < 4.78 is 5.68. The highest BCUT2D eigenvalue weighted by molar-refractivity contribution is 6.30. The highest BCUT2D eigenvalue weighted by Gasteiger charge is 2.28. The molecule has 3 rings (SSSR count). The van der Waals surface area contributed by atoms with E-state index in [0.29, 0.717) is 24.6 Å². The van der Waals surface area contributed by atoms with E-state index < -0.39 is 0 Å². The van der Waals surface area contributed by atoms with Crippen LogP contribution in [0.2, 0.25) is 5.02 Å². The molecule has 1 amide bonds. The number of hydrogen-bond donors (Lipinski definition) is 1. The van der Waals surface area contributed by atoms with Crippen LogP contribution in [0.3, 0.4) is 0 Å². The van der Waals surface area contributed by atoms with Gasteiger partial charge in [-0.2, -0.15) is 0 Å². The maximum atomic E-state index is 12.6. The van der Waals surface area contributed by atoms with Crippen LogP contribution in [0, 0.1) is 5.92 Å². The summed E-state index contributed by atoms with van der Waals surface area (Å²) in [7, 11) is 1.74. The number of hydrogen-bond acceptors (Lipinski definition) is 3. The largest absolute Gasteiger partial charge is 0.508 e. The molecule has 4 nitrogen and oxygen atoms in total. The molecule has 1 aliphatic heterocycles. The van der Waals surface area contributed by atoms with Crippen LogP contribution in [0.25, 0.3) is 0 Å². The van der Waals surface area contributed by atoms with Crippen LogP contribution in [0.5, 0.6) is 11.5 Å². The Hall–Kier alpha value is -2.20. The molecule has 1 N–H and O–H groups in total. The molecule has 1 heterocycles. The van der Waals surface area contributed by atoms with E-state index in [4.69, 9.17) is 16.3 Å². The lowest BCUT2D eigenvalue weighted by molar-refractivity contribution is -0.136. The van der Waals surface area contributed by atoms with Gasteiger partial charge in [0.1, 0.15) is 18.1 Å². The summed E-state index contributed by atoms with van der Waals surface area (Å²) >= 11 is 6.01. The topological polar surface area (TPSA) is 49.8 Å². The van der Waals surface area contributed by atoms with Crippen molar-refractivity contribution in [2.24, 2.45) is 5.92 Å². The number of aromatic hydroxyl groups is 1. The Morgan fingerprint density at radius 3 is 2.91 bits per heavy atom. The molecule has 0 fully saturated rings. The van der Waals surface area contributed by atoms with Gasteiger partial charge in [-0.25, -0.2) is 0 Å². The molecule has 2 aromatic carbocycles. The number of nitrogens with zero attached hydrogens (tertiary/aromatic N) is 1. The average molecular weight is 332 g/mol. The first-order valence-electron chi connectivity index (χ1n) is 7.47. The van der Waals surface area contributed by atoms with Gasteiger partial charge in [-0.05, 0) is 36.2 Å². The zero-order chi connectivity index (χ0) is 16.4. The van der Waals surface area contributed by atoms with Crippen molar-refractivity contribution in [3.63, 3.8) is 0 Å². The Labute approximate surface area is 140 Å². The third-order valence-corrected chi connectivity index (χ3v) is 4.29. The Balaban J connectivity index is 1.70.